The van der Waals surface area contributed by atoms with Gasteiger partial charge < -0.3 is 9.47 Å². The summed E-state index contributed by atoms with van der Waals surface area (Å²) in [6, 6.07) is 19.9. The van der Waals surface area contributed by atoms with Gasteiger partial charge in [-0.2, -0.15) is 8.78 Å². The van der Waals surface area contributed by atoms with Gasteiger partial charge in [0.2, 0.25) is 11.6 Å². The maximum absolute atomic E-state index is 14.2. The second kappa shape index (κ2) is 12.0. The summed E-state index contributed by atoms with van der Waals surface area (Å²) >= 11 is 0. The van der Waals surface area contributed by atoms with Gasteiger partial charge in [0.25, 0.3) is 0 Å². The van der Waals surface area contributed by atoms with Gasteiger partial charge in [0, 0.05) is 0 Å². The number of rotatable bonds is 8. The lowest BCUT2D eigenvalue weighted by molar-refractivity contribution is -0.140. The van der Waals surface area contributed by atoms with Crippen molar-refractivity contribution < 1.29 is 23.0 Å². The smallest absolute Gasteiger partial charge is 0.314 e. The molecule has 0 unspecified atom stereocenters. The van der Waals surface area contributed by atoms with Crippen molar-refractivity contribution in [1.29, 1.82) is 0 Å². The highest BCUT2D eigenvalue weighted by molar-refractivity contribution is 5.75. The van der Waals surface area contributed by atoms with E-state index in [0.29, 0.717) is 18.8 Å². The van der Waals surface area contributed by atoms with Crippen molar-refractivity contribution in [2.75, 3.05) is 7.11 Å². The normalized spacial score (nSPS) is 17.8. The Kier molecular flexibility index (Phi) is 8.52. The van der Waals surface area contributed by atoms with E-state index in [1.165, 1.54) is 41.5 Å². The van der Waals surface area contributed by atoms with E-state index < -0.39 is 23.4 Å². The first kappa shape index (κ1) is 25.6. The van der Waals surface area contributed by atoms with Crippen molar-refractivity contribution in [2.24, 2.45) is 5.92 Å². The molecular formula is C31H32F2O3. The first-order chi connectivity index (χ1) is 17.5. The van der Waals surface area contributed by atoms with E-state index in [0.717, 1.165) is 25.7 Å². The predicted octanol–water partition coefficient (Wildman–Crippen LogP) is 8.03. The van der Waals surface area contributed by atoms with E-state index in [9.17, 15) is 13.6 Å². The number of allylic oxidation sites excluding steroid dienone is 2. The SMILES string of the molecule is C/C=C/CCc1ccc(-c2ccc(C3CCC(C(=O)Oc4ccc(OC)c(F)c4F)CC3)cc2)cc1. The molecule has 0 radical (unpaired) electrons. The zero-order chi connectivity index (χ0) is 25.5. The molecule has 0 bridgehead atoms. The second-order valence-electron chi connectivity index (χ2n) is 9.29. The minimum absolute atomic E-state index is 0.226. The summed E-state index contributed by atoms with van der Waals surface area (Å²) in [6.07, 6.45) is 9.37. The molecule has 0 saturated heterocycles. The highest BCUT2D eigenvalue weighted by Gasteiger charge is 2.29. The molecule has 1 aliphatic carbocycles. The van der Waals surface area contributed by atoms with Crippen molar-refractivity contribution in [1.82, 2.24) is 0 Å². The van der Waals surface area contributed by atoms with Crippen LogP contribution in [0.15, 0.2) is 72.8 Å². The largest absolute Gasteiger partial charge is 0.494 e. The first-order valence-corrected chi connectivity index (χ1v) is 12.5. The van der Waals surface area contributed by atoms with Crippen molar-refractivity contribution in [2.45, 2.75) is 51.4 Å². The van der Waals surface area contributed by atoms with Crippen LogP contribution in [0.25, 0.3) is 11.1 Å². The molecule has 0 N–H and O–H groups in total. The van der Waals surface area contributed by atoms with Gasteiger partial charge >= 0.3 is 5.97 Å². The van der Waals surface area contributed by atoms with Gasteiger partial charge in [0.1, 0.15) is 0 Å². The van der Waals surface area contributed by atoms with Crippen LogP contribution >= 0.6 is 0 Å². The lowest BCUT2D eigenvalue weighted by atomic mass is 9.78. The van der Waals surface area contributed by atoms with E-state index in [1.54, 1.807) is 0 Å². The Morgan fingerprint density at radius 3 is 2.06 bits per heavy atom. The van der Waals surface area contributed by atoms with Gasteiger partial charge in [-0.15, -0.1) is 0 Å². The van der Waals surface area contributed by atoms with E-state index in [1.807, 2.05) is 6.92 Å². The zero-order valence-corrected chi connectivity index (χ0v) is 20.8. The Hall–Kier alpha value is -3.47. The number of hydrogen-bond donors (Lipinski definition) is 0. The van der Waals surface area contributed by atoms with Crippen LogP contribution < -0.4 is 9.47 Å². The summed E-state index contributed by atoms with van der Waals surface area (Å²) in [5.41, 5.74) is 4.98. The molecule has 3 aromatic carbocycles. The Balaban J connectivity index is 1.31. The number of benzene rings is 3. The topological polar surface area (TPSA) is 35.5 Å². The standard InChI is InChI=1S/C31H32F2O3/c1-3-4-5-6-21-7-9-22(10-8-21)23-11-13-24(14-12-23)25-15-17-26(18-16-25)31(34)36-28-20-19-27(35-2)29(32)30(28)33/h3-4,7-14,19-20,25-26H,5-6,15-18H2,1-2H3/b4-3+. The molecular weight excluding hydrogens is 458 g/mol. The average Bonchev–Trinajstić information content (AvgIpc) is 2.92. The molecule has 5 heteroatoms. The number of carbonyl (C=O) groups excluding carboxylic acids is 1. The van der Waals surface area contributed by atoms with Crippen LogP contribution in [0, 0.1) is 17.6 Å². The summed E-state index contributed by atoms with van der Waals surface area (Å²) in [6.45, 7) is 2.04. The van der Waals surface area contributed by atoms with E-state index in [2.05, 4.69) is 60.7 Å². The summed E-state index contributed by atoms with van der Waals surface area (Å²) in [5, 5.41) is 0. The van der Waals surface area contributed by atoms with Gasteiger partial charge in [0.15, 0.2) is 11.5 Å². The molecule has 3 aromatic rings. The number of halogens is 2. The Morgan fingerprint density at radius 2 is 1.44 bits per heavy atom. The number of aryl methyl sites for hydroxylation is 1. The molecule has 4 rings (SSSR count). The fraction of sp³-hybridized carbons (Fsp3) is 0.323. The number of hydrogen-bond acceptors (Lipinski definition) is 3. The van der Waals surface area contributed by atoms with Crippen LogP contribution in [0.3, 0.4) is 0 Å². The van der Waals surface area contributed by atoms with Crippen molar-refractivity contribution in [3.63, 3.8) is 0 Å². The van der Waals surface area contributed by atoms with Crippen LogP contribution in [-0.4, -0.2) is 13.1 Å². The van der Waals surface area contributed by atoms with Crippen molar-refractivity contribution in [3.8, 4) is 22.6 Å². The van der Waals surface area contributed by atoms with Crippen molar-refractivity contribution in [3.05, 3.63) is 95.6 Å². The summed E-state index contributed by atoms with van der Waals surface area (Å²) < 4.78 is 38.0. The third-order valence-corrected chi connectivity index (χ3v) is 7.01. The van der Waals surface area contributed by atoms with E-state index in [4.69, 9.17) is 9.47 Å². The molecule has 0 amide bonds. The molecule has 0 aliphatic heterocycles. The molecule has 1 fully saturated rings. The van der Waals surface area contributed by atoms with Crippen molar-refractivity contribution >= 4 is 5.97 Å². The zero-order valence-electron chi connectivity index (χ0n) is 20.8. The maximum atomic E-state index is 14.2. The molecule has 0 atom stereocenters. The number of ether oxygens (including phenoxy) is 2. The molecule has 1 aliphatic rings. The molecule has 3 nitrogen and oxygen atoms in total. The summed E-state index contributed by atoms with van der Waals surface area (Å²) in [5.74, 6) is -3.46. The van der Waals surface area contributed by atoms with Gasteiger partial charge in [-0.05, 0) is 85.8 Å². The summed E-state index contributed by atoms with van der Waals surface area (Å²) in [7, 11) is 1.25. The molecule has 36 heavy (non-hydrogen) atoms. The quantitative estimate of drug-likeness (QED) is 0.182. The summed E-state index contributed by atoms with van der Waals surface area (Å²) in [4.78, 5) is 12.6. The monoisotopic (exact) mass is 490 g/mol. The van der Waals surface area contributed by atoms with Crippen LogP contribution in [0.4, 0.5) is 8.78 Å². The predicted molar refractivity (Wildman–Crippen MR) is 138 cm³/mol. The number of carbonyl (C=O) groups is 1. The van der Waals surface area contributed by atoms with Gasteiger partial charge in [0.05, 0.1) is 13.0 Å². The van der Waals surface area contributed by atoms with Crippen LogP contribution in [0.1, 0.15) is 56.1 Å². The Labute approximate surface area is 211 Å². The van der Waals surface area contributed by atoms with E-state index in [-0.39, 0.29) is 11.7 Å². The second-order valence-corrected chi connectivity index (χ2v) is 9.29. The minimum Gasteiger partial charge on any atom is -0.494 e. The Bertz CT molecular complexity index is 1190. The van der Waals surface area contributed by atoms with Gasteiger partial charge in [-0.25, -0.2) is 0 Å². The molecule has 0 aromatic heterocycles. The Morgan fingerprint density at radius 1 is 0.861 bits per heavy atom. The van der Waals surface area contributed by atoms with Gasteiger partial charge in [-0.3, -0.25) is 4.79 Å². The lowest BCUT2D eigenvalue weighted by Crippen LogP contribution is -2.25. The molecule has 0 heterocycles. The first-order valence-electron chi connectivity index (χ1n) is 12.5. The highest BCUT2D eigenvalue weighted by atomic mass is 19.2. The molecule has 188 valence electrons. The van der Waals surface area contributed by atoms with E-state index >= 15 is 0 Å². The third-order valence-electron chi connectivity index (χ3n) is 7.01. The number of esters is 1. The van der Waals surface area contributed by atoms with Gasteiger partial charge in [-0.1, -0.05) is 60.7 Å². The minimum atomic E-state index is -1.21. The maximum Gasteiger partial charge on any atom is 0.314 e. The molecule has 0 spiro atoms. The average molecular weight is 491 g/mol. The molecule has 1 saturated carbocycles. The fourth-order valence-electron chi connectivity index (χ4n) is 4.83. The lowest BCUT2D eigenvalue weighted by Gasteiger charge is -2.27. The third kappa shape index (κ3) is 6.01. The van der Waals surface area contributed by atoms with Crippen LogP contribution in [0.2, 0.25) is 0 Å². The highest BCUT2D eigenvalue weighted by Crippen LogP contribution is 2.37. The van der Waals surface area contributed by atoms with Crippen LogP contribution in [-0.2, 0) is 11.2 Å². The fourth-order valence-corrected chi connectivity index (χ4v) is 4.83. The van der Waals surface area contributed by atoms with Crippen LogP contribution in [0.5, 0.6) is 11.5 Å². The number of methoxy groups -OCH3 is 1.